The fraction of sp³-hybridized carbons (Fsp3) is 0.111. The second kappa shape index (κ2) is 5.35. The summed E-state index contributed by atoms with van der Waals surface area (Å²) in [4.78, 5) is 26.3. The number of rotatable bonds is 1. The monoisotopic (exact) mass is 361 g/mol. The first kappa shape index (κ1) is 16.2. The number of H-pyrrole nitrogens is 1. The molecular weight excluding hydrogens is 351 g/mol. The van der Waals surface area contributed by atoms with Gasteiger partial charge in [-0.25, -0.2) is 4.79 Å². The summed E-state index contributed by atoms with van der Waals surface area (Å²) in [5.41, 5.74) is -3.19. The van der Waals surface area contributed by atoms with E-state index in [1.807, 2.05) is 0 Å². The van der Waals surface area contributed by atoms with Crippen LogP contribution in [-0.2, 0) is 6.18 Å². The molecule has 0 fully saturated rings. The Morgan fingerprint density at radius 2 is 1.81 bits per heavy atom. The number of aromatic nitrogens is 1. The third kappa shape index (κ3) is 2.26. The minimum absolute atomic E-state index is 0.0743. The molecule has 0 aliphatic rings. The minimum atomic E-state index is -4.80. The standard InChI is InChI=1S/C18H10F3NO4/c1-25-12-4-2-3-9-14(12)8-5-6-11-15(16(8)26-17(9)24)10(18(19,20)21)7-13(23)22-11/h2-7H,1H3,(H,22,23). The molecule has 0 radical (unpaired) electrons. The molecule has 0 bridgehead atoms. The second-order valence-electron chi connectivity index (χ2n) is 5.68. The smallest absolute Gasteiger partial charge is 0.417 e. The number of halogens is 3. The summed E-state index contributed by atoms with van der Waals surface area (Å²) in [5.74, 6) is 0.331. The summed E-state index contributed by atoms with van der Waals surface area (Å²) >= 11 is 0. The van der Waals surface area contributed by atoms with Gasteiger partial charge in [-0.3, -0.25) is 4.79 Å². The molecule has 0 saturated carbocycles. The van der Waals surface area contributed by atoms with Crippen LogP contribution in [0.3, 0.4) is 0 Å². The first-order valence-corrected chi connectivity index (χ1v) is 7.48. The Balaban J connectivity index is 2.35. The van der Waals surface area contributed by atoms with Crippen molar-refractivity contribution in [1.82, 2.24) is 4.98 Å². The zero-order valence-corrected chi connectivity index (χ0v) is 13.2. The Morgan fingerprint density at radius 1 is 1.04 bits per heavy atom. The van der Waals surface area contributed by atoms with E-state index in [0.29, 0.717) is 17.2 Å². The lowest BCUT2D eigenvalue weighted by Gasteiger charge is -2.13. The lowest BCUT2D eigenvalue weighted by atomic mass is 10.0. The van der Waals surface area contributed by atoms with E-state index in [1.54, 1.807) is 12.1 Å². The van der Waals surface area contributed by atoms with Gasteiger partial charge in [-0.2, -0.15) is 13.2 Å². The largest absolute Gasteiger partial charge is 0.496 e. The van der Waals surface area contributed by atoms with Crippen molar-refractivity contribution in [2.45, 2.75) is 6.18 Å². The highest BCUT2D eigenvalue weighted by Gasteiger charge is 2.34. The Kier molecular flexibility index (Phi) is 3.33. The molecule has 132 valence electrons. The van der Waals surface area contributed by atoms with Gasteiger partial charge in [-0.15, -0.1) is 0 Å². The Bertz CT molecular complexity index is 1300. The molecule has 1 N–H and O–H groups in total. The van der Waals surface area contributed by atoms with Crippen molar-refractivity contribution in [2.24, 2.45) is 0 Å². The van der Waals surface area contributed by atoms with Crippen LogP contribution in [0.15, 0.2) is 50.4 Å². The number of alkyl halides is 3. The van der Waals surface area contributed by atoms with Gasteiger partial charge in [-0.05, 0) is 24.3 Å². The Hall–Kier alpha value is -3.29. The average molecular weight is 361 g/mol. The zero-order chi connectivity index (χ0) is 18.6. The normalized spacial score (nSPS) is 12.2. The predicted molar refractivity (Wildman–Crippen MR) is 89.7 cm³/mol. The van der Waals surface area contributed by atoms with Crippen LogP contribution >= 0.6 is 0 Å². The van der Waals surface area contributed by atoms with Crippen molar-refractivity contribution in [3.05, 3.63) is 62.7 Å². The summed E-state index contributed by atoms with van der Waals surface area (Å²) in [6.45, 7) is 0. The number of hydrogen-bond acceptors (Lipinski definition) is 4. The van der Waals surface area contributed by atoms with Gasteiger partial charge in [-0.1, -0.05) is 6.07 Å². The molecule has 0 amide bonds. The van der Waals surface area contributed by atoms with Crippen LogP contribution in [-0.4, -0.2) is 12.1 Å². The number of pyridine rings is 1. The molecular formula is C18H10F3NO4. The van der Waals surface area contributed by atoms with Crippen LogP contribution in [0.4, 0.5) is 13.2 Å². The SMILES string of the molecule is COc1cccc2c(=O)oc3c(ccc4[nH]c(=O)cc(C(F)(F)F)c43)c12. The number of nitrogens with one attached hydrogen (secondary N) is 1. The summed E-state index contributed by atoms with van der Waals surface area (Å²) in [6.07, 6.45) is -4.80. The third-order valence-corrected chi connectivity index (χ3v) is 4.20. The number of hydrogen-bond donors (Lipinski definition) is 1. The van der Waals surface area contributed by atoms with Gasteiger partial charge in [0.05, 0.1) is 29.0 Å². The van der Waals surface area contributed by atoms with Gasteiger partial charge >= 0.3 is 11.8 Å². The maximum Gasteiger partial charge on any atom is 0.417 e. The second-order valence-corrected chi connectivity index (χ2v) is 5.68. The molecule has 2 aromatic carbocycles. The molecule has 0 saturated heterocycles. The summed E-state index contributed by atoms with van der Waals surface area (Å²) in [7, 11) is 1.40. The van der Waals surface area contributed by atoms with Crippen molar-refractivity contribution >= 4 is 32.6 Å². The molecule has 2 heterocycles. The minimum Gasteiger partial charge on any atom is -0.496 e. The van der Waals surface area contributed by atoms with Crippen LogP contribution in [0.2, 0.25) is 0 Å². The first-order valence-electron chi connectivity index (χ1n) is 7.48. The van der Waals surface area contributed by atoms with Gasteiger partial charge in [0.15, 0.2) is 0 Å². The summed E-state index contributed by atoms with van der Waals surface area (Å²) in [6, 6.07) is 7.98. The van der Waals surface area contributed by atoms with E-state index < -0.39 is 22.9 Å². The van der Waals surface area contributed by atoms with E-state index >= 15 is 0 Å². The van der Waals surface area contributed by atoms with Crippen molar-refractivity contribution in [3.63, 3.8) is 0 Å². The molecule has 2 aromatic heterocycles. The molecule has 5 nitrogen and oxygen atoms in total. The van der Waals surface area contributed by atoms with E-state index in [1.165, 1.54) is 25.3 Å². The van der Waals surface area contributed by atoms with E-state index in [9.17, 15) is 22.8 Å². The predicted octanol–water partition coefficient (Wildman–Crippen LogP) is 3.82. The lowest BCUT2D eigenvalue weighted by Crippen LogP contribution is -2.14. The Morgan fingerprint density at radius 3 is 2.50 bits per heavy atom. The van der Waals surface area contributed by atoms with E-state index in [4.69, 9.17) is 9.15 Å². The number of ether oxygens (including phenoxy) is 1. The van der Waals surface area contributed by atoms with E-state index in [-0.39, 0.29) is 27.3 Å². The molecule has 0 aliphatic heterocycles. The summed E-state index contributed by atoms with van der Waals surface area (Å²) < 4.78 is 51.0. The van der Waals surface area contributed by atoms with Gasteiger partial charge < -0.3 is 14.1 Å². The topological polar surface area (TPSA) is 72.3 Å². The third-order valence-electron chi connectivity index (χ3n) is 4.20. The maximum atomic E-state index is 13.5. The van der Waals surface area contributed by atoms with Crippen molar-refractivity contribution in [3.8, 4) is 5.75 Å². The van der Waals surface area contributed by atoms with E-state index in [0.717, 1.165) is 0 Å². The maximum absolute atomic E-state index is 13.5. The van der Waals surface area contributed by atoms with Crippen LogP contribution < -0.4 is 15.9 Å². The molecule has 0 unspecified atom stereocenters. The fourth-order valence-electron chi connectivity index (χ4n) is 3.15. The molecule has 4 aromatic rings. The van der Waals surface area contributed by atoms with Crippen molar-refractivity contribution in [1.29, 1.82) is 0 Å². The van der Waals surface area contributed by atoms with Crippen LogP contribution in [0.1, 0.15) is 5.56 Å². The fourth-order valence-corrected chi connectivity index (χ4v) is 3.15. The highest BCUT2D eigenvalue weighted by molar-refractivity contribution is 6.15. The van der Waals surface area contributed by atoms with Gasteiger partial charge in [0.25, 0.3) is 0 Å². The van der Waals surface area contributed by atoms with E-state index in [2.05, 4.69) is 4.98 Å². The van der Waals surface area contributed by atoms with Crippen LogP contribution in [0.5, 0.6) is 5.75 Å². The van der Waals surface area contributed by atoms with Crippen molar-refractivity contribution in [2.75, 3.05) is 7.11 Å². The molecule has 0 spiro atoms. The number of benzene rings is 2. The highest BCUT2D eigenvalue weighted by Crippen LogP contribution is 2.39. The van der Waals surface area contributed by atoms with Crippen LogP contribution in [0.25, 0.3) is 32.6 Å². The summed E-state index contributed by atoms with van der Waals surface area (Å²) in [5, 5.41) is 0.443. The lowest BCUT2D eigenvalue weighted by molar-refractivity contribution is -0.136. The molecule has 26 heavy (non-hydrogen) atoms. The number of aromatic amines is 1. The quantitative estimate of drug-likeness (QED) is 0.413. The zero-order valence-electron chi connectivity index (χ0n) is 13.2. The highest BCUT2D eigenvalue weighted by atomic mass is 19.4. The molecule has 4 rings (SSSR count). The number of methoxy groups -OCH3 is 1. The van der Waals surface area contributed by atoms with Gasteiger partial charge in [0, 0.05) is 16.8 Å². The van der Waals surface area contributed by atoms with Gasteiger partial charge in [0.2, 0.25) is 5.56 Å². The Labute approximate surface area is 142 Å². The van der Waals surface area contributed by atoms with Gasteiger partial charge in [0.1, 0.15) is 11.3 Å². The molecule has 0 aliphatic carbocycles. The first-order chi connectivity index (χ1) is 12.3. The van der Waals surface area contributed by atoms with Crippen LogP contribution in [0, 0.1) is 0 Å². The number of fused-ring (bicyclic) bond motifs is 5. The average Bonchev–Trinajstić information content (AvgIpc) is 2.59. The molecule has 8 heteroatoms. The van der Waals surface area contributed by atoms with Crippen molar-refractivity contribution < 1.29 is 22.3 Å². The molecule has 0 atom stereocenters.